The van der Waals surface area contributed by atoms with Gasteiger partial charge in [0.15, 0.2) is 16.4 Å². The summed E-state index contributed by atoms with van der Waals surface area (Å²) < 4.78 is 43.6. The number of ether oxygens (including phenoxy) is 2. The Kier molecular flexibility index (Phi) is 10.5. The van der Waals surface area contributed by atoms with Crippen LogP contribution in [0.5, 0.6) is 11.5 Å². The second-order valence-corrected chi connectivity index (χ2v) is 12.9. The molecule has 1 aromatic carbocycles. The van der Waals surface area contributed by atoms with Gasteiger partial charge in [-0.2, -0.15) is 4.31 Å². The Morgan fingerprint density at radius 2 is 1.84 bits per heavy atom. The summed E-state index contributed by atoms with van der Waals surface area (Å²) in [6.07, 6.45) is 5.16. The lowest BCUT2D eigenvalue weighted by molar-refractivity contribution is -0.130. The van der Waals surface area contributed by atoms with E-state index in [1.165, 1.54) is 21.2 Å². The zero-order valence-corrected chi connectivity index (χ0v) is 26.8. The number of amides is 2. The molecule has 244 valence electrons. The molecule has 1 aliphatic heterocycles. The lowest BCUT2D eigenvalue weighted by atomic mass is 10.0. The summed E-state index contributed by atoms with van der Waals surface area (Å²) in [5.41, 5.74) is -0.961. The van der Waals surface area contributed by atoms with Gasteiger partial charge in [0.25, 0.3) is 15.6 Å². The topological polar surface area (TPSA) is 176 Å². The number of benzene rings is 1. The monoisotopic (exact) mass is 645 g/mol. The highest BCUT2D eigenvalue weighted by atomic mass is 32.2. The number of fused-ring (bicyclic) bond motifs is 4. The predicted octanol–water partition coefficient (Wildman–Crippen LogP) is 0.0766. The van der Waals surface area contributed by atoms with Crippen LogP contribution in [-0.4, -0.2) is 82.6 Å². The lowest BCUT2D eigenvalue weighted by Gasteiger charge is -2.25. The first-order valence-corrected chi connectivity index (χ1v) is 16.0. The Balaban J connectivity index is 1.70. The van der Waals surface area contributed by atoms with E-state index in [2.05, 4.69) is 15.6 Å². The third-order valence-electron chi connectivity index (χ3n) is 7.44. The van der Waals surface area contributed by atoms with E-state index in [4.69, 9.17) is 9.47 Å². The molecule has 2 aromatic heterocycles. The summed E-state index contributed by atoms with van der Waals surface area (Å²) in [6.45, 7) is 3.55. The molecule has 1 atom stereocenters. The third-order valence-corrected chi connectivity index (χ3v) is 9.27. The van der Waals surface area contributed by atoms with Crippen LogP contribution in [0.1, 0.15) is 26.7 Å². The van der Waals surface area contributed by atoms with Gasteiger partial charge in [-0.15, -0.1) is 0 Å². The van der Waals surface area contributed by atoms with E-state index in [0.29, 0.717) is 41.4 Å². The average molecular weight is 646 g/mol. The fourth-order valence-corrected chi connectivity index (χ4v) is 6.55. The van der Waals surface area contributed by atoms with Gasteiger partial charge in [0.05, 0.1) is 20.3 Å². The van der Waals surface area contributed by atoms with Gasteiger partial charge >= 0.3 is 5.69 Å². The predicted molar refractivity (Wildman–Crippen MR) is 164 cm³/mol. The van der Waals surface area contributed by atoms with Crippen LogP contribution in [0.25, 0.3) is 11.4 Å². The van der Waals surface area contributed by atoms with E-state index in [1.54, 1.807) is 32.2 Å². The van der Waals surface area contributed by atoms with Crippen molar-refractivity contribution >= 4 is 21.8 Å². The van der Waals surface area contributed by atoms with Crippen molar-refractivity contribution in [3.05, 3.63) is 57.6 Å². The van der Waals surface area contributed by atoms with Crippen LogP contribution < -0.4 is 31.4 Å². The second-order valence-electron chi connectivity index (χ2n) is 11.0. The smallest absolute Gasteiger partial charge is 0.330 e. The molecule has 15 nitrogen and oxygen atoms in total. The number of rotatable bonds is 4. The van der Waals surface area contributed by atoms with Gasteiger partial charge in [0.2, 0.25) is 11.8 Å². The highest BCUT2D eigenvalue weighted by Gasteiger charge is 2.32. The highest BCUT2D eigenvalue weighted by Crippen LogP contribution is 2.32. The number of aryl methyl sites for hydroxylation is 2. The fraction of sp³-hybridized carbons (Fsp3) is 0.483. The molecule has 0 saturated carbocycles. The van der Waals surface area contributed by atoms with Crippen molar-refractivity contribution in [2.75, 3.05) is 33.4 Å². The SMILES string of the molecule is COc1ccc2cc1OCCCN(S(=O)(=O)c1cn(C)c(=O)n(C)c1=O)CC(=O)N[C@H](C(C)C)C(=O)NCCCn1ccnc1-2. The van der Waals surface area contributed by atoms with E-state index in [-0.39, 0.29) is 25.5 Å². The Hall–Kier alpha value is -4.44. The van der Waals surface area contributed by atoms with Gasteiger partial charge in [-0.05, 0) is 37.0 Å². The van der Waals surface area contributed by atoms with Crippen molar-refractivity contribution in [1.82, 2.24) is 33.6 Å². The molecule has 2 N–H and O–H groups in total. The average Bonchev–Trinajstić information content (AvgIpc) is 3.47. The van der Waals surface area contributed by atoms with Crippen LogP contribution in [0, 0.1) is 5.92 Å². The minimum absolute atomic E-state index is 0.0319. The number of hydrogen-bond donors (Lipinski definition) is 2. The van der Waals surface area contributed by atoms with Crippen molar-refractivity contribution in [2.45, 2.75) is 44.2 Å². The molecule has 0 unspecified atom stereocenters. The van der Waals surface area contributed by atoms with E-state index < -0.39 is 50.6 Å². The van der Waals surface area contributed by atoms with Crippen molar-refractivity contribution in [3.8, 4) is 22.9 Å². The first kappa shape index (κ1) is 33.5. The maximum Gasteiger partial charge on any atom is 0.330 e. The van der Waals surface area contributed by atoms with Gasteiger partial charge in [0.1, 0.15) is 11.9 Å². The summed E-state index contributed by atoms with van der Waals surface area (Å²) in [4.78, 5) is 55.3. The van der Waals surface area contributed by atoms with Crippen LogP contribution in [0.15, 0.2) is 51.3 Å². The number of nitrogens with one attached hydrogen (secondary N) is 2. The summed E-state index contributed by atoms with van der Waals surface area (Å²) >= 11 is 0. The number of imidazole rings is 1. The van der Waals surface area contributed by atoms with E-state index in [0.717, 1.165) is 20.6 Å². The minimum Gasteiger partial charge on any atom is -0.493 e. The highest BCUT2D eigenvalue weighted by molar-refractivity contribution is 7.89. The number of nitrogens with zero attached hydrogens (tertiary/aromatic N) is 5. The molecule has 3 heterocycles. The first-order chi connectivity index (χ1) is 21.3. The van der Waals surface area contributed by atoms with Crippen LogP contribution in [0.3, 0.4) is 0 Å². The molecular formula is C29H39N7O8S. The molecule has 0 aliphatic carbocycles. The van der Waals surface area contributed by atoms with E-state index >= 15 is 0 Å². The number of methoxy groups -OCH3 is 1. The standard InChI is InChI=1S/C29H39N7O8S/c1-19(2)25-27(38)31-10-6-12-35-14-11-30-26(35)20-8-9-21(43-5)22(16-20)44-15-7-13-36(18-24(37)32-25)45(41,42)23-17-33(3)29(40)34(4)28(23)39/h8-9,11,14,16-17,19,25H,6-7,10,12-13,15,18H2,1-5H3,(H,31,38)(H,32,37)/t25-/m1/s1. The molecule has 0 radical (unpaired) electrons. The summed E-state index contributed by atoms with van der Waals surface area (Å²) in [5.74, 6) is 0.118. The molecular weight excluding hydrogens is 606 g/mol. The summed E-state index contributed by atoms with van der Waals surface area (Å²) in [5, 5.41) is 5.51. The molecule has 1 aliphatic rings. The molecule has 2 amide bonds. The normalized spacial score (nSPS) is 17.7. The maximum absolute atomic E-state index is 13.8. The zero-order valence-electron chi connectivity index (χ0n) is 26.0. The Morgan fingerprint density at radius 3 is 2.56 bits per heavy atom. The Labute approximate surface area is 260 Å². The van der Waals surface area contributed by atoms with E-state index in [9.17, 15) is 27.6 Å². The van der Waals surface area contributed by atoms with Gasteiger partial charge in [-0.1, -0.05) is 13.8 Å². The molecule has 4 rings (SSSR count). The lowest BCUT2D eigenvalue weighted by Crippen LogP contribution is -2.53. The molecule has 0 spiro atoms. The Morgan fingerprint density at radius 1 is 1.09 bits per heavy atom. The van der Waals surface area contributed by atoms with Crippen LogP contribution in [-0.2, 0) is 40.3 Å². The van der Waals surface area contributed by atoms with Gasteiger partial charge < -0.3 is 29.2 Å². The molecule has 16 heteroatoms. The minimum atomic E-state index is -4.58. The zero-order chi connectivity index (χ0) is 32.9. The van der Waals surface area contributed by atoms with Crippen LogP contribution in [0.2, 0.25) is 0 Å². The van der Waals surface area contributed by atoms with Gasteiger partial charge in [-0.25, -0.2) is 18.2 Å². The van der Waals surface area contributed by atoms with Crippen molar-refractivity contribution < 1.29 is 27.5 Å². The molecule has 45 heavy (non-hydrogen) atoms. The molecule has 2 bridgehead atoms. The quantitative estimate of drug-likeness (QED) is 0.398. The Bertz CT molecular complexity index is 1780. The number of aromatic nitrogens is 4. The van der Waals surface area contributed by atoms with Crippen molar-refractivity contribution in [2.24, 2.45) is 20.0 Å². The van der Waals surface area contributed by atoms with Crippen molar-refractivity contribution in [1.29, 1.82) is 0 Å². The van der Waals surface area contributed by atoms with Crippen LogP contribution >= 0.6 is 0 Å². The summed E-state index contributed by atoms with van der Waals surface area (Å²) in [7, 11) is -0.581. The third kappa shape index (κ3) is 7.45. The second kappa shape index (κ2) is 14.1. The maximum atomic E-state index is 13.8. The van der Waals surface area contributed by atoms with Crippen molar-refractivity contribution in [3.63, 3.8) is 0 Å². The number of hydrogen-bond acceptors (Lipinski definition) is 9. The number of sulfonamides is 1. The largest absolute Gasteiger partial charge is 0.493 e. The van der Waals surface area contributed by atoms with E-state index in [1.807, 2.05) is 16.8 Å². The number of carbonyl (C=O) groups is 2. The van der Waals surface area contributed by atoms with Crippen LogP contribution in [0.4, 0.5) is 0 Å². The molecule has 3 aromatic rings. The summed E-state index contributed by atoms with van der Waals surface area (Å²) in [6, 6.07) is 4.43. The molecule has 0 fully saturated rings. The van der Waals surface area contributed by atoms with Gasteiger partial charge in [-0.3, -0.25) is 19.0 Å². The number of carbonyl (C=O) groups excluding carboxylic acids is 2. The van der Waals surface area contributed by atoms with Gasteiger partial charge in [0, 0.05) is 57.9 Å². The first-order valence-electron chi connectivity index (χ1n) is 14.5. The molecule has 0 saturated heterocycles. The fourth-order valence-electron chi connectivity index (χ4n) is 4.96.